The van der Waals surface area contributed by atoms with Crippen LogP contribution < -0.4 is 9.47 Å². The highest BCUT2D eigenvalue weighted by molar-refractivity contribution is 5.84. The minimum atomic E-state index is 0.702. The molecule has 0 radical (unpaired) electrons. The first-order valence-electron chi connectivity index (χ1n) is 5.98. The Bertz CT molecular complexity index is 705. The Morgan fingerprint density at radius 1 is 0.947 bits per heavy atom. The van der Waals surface area contributed by atoms with E-state index in [4.69, 9.17) is 9.47 Å². The molecule has 0 aliphatic heterocycles. The topological polar surface area (TPSA) is 36.3 Å². The van der Waals surface area contributed by atoms with Crippen LogP contribution in [-0.4, -0.2) is 24.0 Å². The van der Waals surface area contributed by atoms with Crippen LogP contribution in [0.2, 0.25) is 0 Å². The molecular formula is C15H14N2O2. The predicted octanol–water partition coefficient (Wildman–Crippen LogP) is 3.04. The van der Waals surface area contributed by atoms with Crippen LogP contribution in [0.15, 0.2) is 48.7 Å². The number of fused-ring (bicyclic) bond motifs is 1. The van der Waals surface area contributed by atoms with E-state index in [9.17, 15) is 0 Å². The number of nitrogens with zero attached hydrogens (tertiary/aromatic N) is 2. The Hall–Kier alpha value is -2.49. The molecule has 3 aromatic rings. The summed E-state index contributed by atoms with van der Waals surface area (Å²) < 4.78 is 12.5. The van der Waals surface area contributed by atoms with E-state index >= 15 is 0 Å². The molecule has 4 heteroatoms. The molecule has 0 N–H and O–H groups in total. The summed E-state index contributed by atoms with van der Waals surface area (Å²) in [4.78, 5) is 0. The maximum absolute atomic E-state index is 5.34. The molecule has 0 aliphatic carbocycles. The van der Waals surface area contributed by atoms with Crippen molar-refractivity contribution in [3.05, 3.63) is 48.7 Å². The van der Waals surface area contributed by atoms with Crippen molar-refractivity contribution in [2.45, 2.75) is 0 Å². The highest BCUT2D eigenvalue weighted by atomic mass is 16.5. The molecule has 19 heavy (non-hydrogen) atoms. The van der Waals surface area contributed by atoms with Gasteiger partial charge < -0.3 is 9.47 Å². The number of aromatic nitrogens is 2. The first-order valence-corrected chi connectivity index (χ1v) is 5.98. The van der Waals surface area contributed by atoms with Crippen LogP contribution in [-0.2, 0) is 0 Å². The molecule has 0 aliphatic rings. The van der Waals surface area contributed by atoms with Crippen molar-refractivity contribution < 1.29 is 9.47 Å². The average Bonchev–Trinajstić information content (AvgIpc) is 2.89. The predicted molar refractivity (Wildman–Crippen MR) is 74.2 cm³/mol. The van der Waals surface area contributed by atoms with E-state index in [1.165, 1.54) is 0 Å². The summed E-state index contributed by atoms with van der Waals surface area (Å²) >= 11 is 0. The zero-order valence-electron chi connectivity index (χ0n) is 10.8. The van der Waals surface area contributed by atoms with Crippen LogP contribution >= 0.6 is 0 Å². The van der Waals surface area contributed by atoms with Crippen molar-refractivity contribution in [3.63, 3.8) is 0 Å². The van der Waals surface area contributed by atoms with Crippen molar-refractivity contribution in [1.29, 1.82) is 0 Å². The van der Waals surface area contributed by atoms with Crippen LogP contribution in [0.1, 0.15) is 0 Å². The fourth-order valence-corrected chi connectivity index (χ4v) is 2.13. The van der Waals surface area contributed by atoms with E-state index in [1.54, 1.807) is 14.2 Å². The lowest BCUT2D eigenvalue weighted by molar-refractivity contribution is 0.356. The van der Waals surface area contributed by atoms with Gasteiger partial charge in [0.1, 0.15) is 0 Å². The number of hydrogen-bond acceptors (Lipinski definition) is 3. The van der Waals surface area contributed by atoms with Crippen LogP contribution in [0.4, 0.5) is 0 Å². The van der Waals surface area contributed by atoms with E-state index in [0.29, 0.717) is 11.5 Å². The number of methoxy groups -OCH3 is 2. The summed E-state index contributed by atoms with van der Waals surface area (Å²) in [5.41, 5.74) is 2.01. The Balaban J connectivity index is 2.23. The summed E-state index contributed by atoms with van der Waals surface area (Å²) in [5, 5.41) is 5.44. The van der Waals surface area contributed by atoms with E-state index in [2.05, 4.69) is 5.10 Å². The van der Waals surface area contributed by atoms with E-state index in [1.807, 2.05) is 53.3 Å². The summed E-state index contributed by atoms with van der Waals surface area (Å²) in [6.07, 6.45) is 1.82. The van der Waals surface area contributed by atoms with Gasteiger partial charge in [0.2, 0.25) is 0 Å². The molecule has 3 rings (SSSR count). The minimum absolute atomic E-state index is 0.702. The van der Waals surface area contributed by atoms with Crippen molar-refractivity contribution >= 4 is 10.9 Å². The van der Waals surface area contributed by atoms with Crippen molar-refractivity contribution in [3.8, 4) is 17.2 Å². The lowest BCUT2D eigenvalue weighted by atomic mass is 10.2. The third-order valence-electron chi connectivity index (χ3n) is 3.07. The van der Waals surface area contributed by atoms with Crippen LogP contribution in [0.25, 0.3) is 16.6 Å². The third kappa shape index (κ3) is 1.91. The second kappa shape index (κ2) is 4.65. The molecule has 96 valence electrons. The number of benzene rings is 2. The maximum Gasteiger partial charge on any atom is 0.162 e. The number of rotatable bonds is 3. The molecular weight excluding hydrogens is 240 g/mol. The van der Waals surface area contributed by atoms with Gasteiger partial charge in [0.05, 0.1) is 31.6 Å². The number of para-hydroxylation sites is 1. The van der Waals surface area contributed by atoms with E-state index in [-0.39, 0.29) is 0 Å². The van der Waals surface area contributed by atoms with Crippen LogP contribution in [0, 0.1) is 0 Å². The van der Waals surface area contributed by atoms with Gasteiger partial charge in [-0.25, -0.2) is 4.68 Å². The molecule has 1 aromatic heterocycles. The fourth-order valence-electron chi connectivity index (χ4n) is 2.13. The van der Waals surface area contributed by atoms with Crippen molar-refractivity contribution in [2.75, 3.05) is 14.2 Å². The molecule has 4 nitrogen and oxygen atoms in total. The summed E-state index contributed by atoms with van der Waals surface area (Å²) in [7, 11) is 3.26. The Kier molecular flexibility index (Phi) is 2.83. The average molecular weight is 254 g/mol. The van der Waals surface area contributed by atoms with Crippen LogP contribution in [0.3, 0.4) is 0 Å². The van der Waals surface area contributed by atoms with Gasteiger partial charge >= 0.3 is 0 Å². The second-order valence-corrected chi connectivity index (χ2v) is 4.16. The van der Waals surface area contributed by atoms with Crippen molar-refractivity contribution in [1.82, 2.24) is 9.78 Å². The third-order valence-corrected chi connectivity index (χ3v) is 3.07. The Morgan fingerprint density at radius 3 is 2.32 bits per heavy atom. The molecule has 2 aromatic carbocycles. The lowest BCUT2D eigenvalue weighted by Gasteiger charge is -2.08. The SMILES string of the molecule is COc1cc2cnn(-c3ccccc3)c2cc1OC. The lowest BCUT2D eigenvalue weighted by Crippen LogP contribution is -1.96. The first-order chi connectivity index (χ1) is 9.33. The minimum Gasteiger partial charge on any atom is -0.493 e. The van der Waals surface area contributed by atoms with Gasteiger partial charge in [0.25, 0.3) is 0 Å². The molecule has 0 saturated heterocycles. The second-order valence-electron chi connectivity index (χ2n) is 4.16. The van der Waals surface area contributed by atoms with Crippen LogP contribution in [0.5, 0.6) is 11.5 Å². The fraction of sp³-hybridized carbons (Fsp3) is 0.133. The molecule has 0 fully saturated rings. The molecule has 0 bridgehead atoms. The van der Waals surface area contributed by atoms with Gasteiger partial charge in [-0.05, 0) is 18.2 Å². The zero-order valence-corrected chi connectivity index (χ0v) is 10.8. The normalized spacial score (nSPS) is 10.6. The Morgan fingerprint density at radius 2 is 1.63 bits per heavy atom. The van der Waals surface area contributed by atoms with E-state index < -0.39 is 0 Å². The highest BCUT2D eigenvalue weighted by Crippen LogP contribution is 2.32. The molecule has 1 heterocycles. The van der Waals surface area contributed by atoms with Gasteiger partial charge in [-0.3, -0.25) is 0 Å². The van der Waals surface area contributed by atoms with Gasteiger partial charge in [-0.2, -0.15) is 5.10 Å². The van der Waals surface area contributed by atoms with Gasteiger partial charge in [0, 0.05) is 11.5 Å². The first kappa shape index (κ1) is 11.6. The molecule has 0 spiro atoms. The standard InChI is InChI=1S/C15H14N2O2/c1-18-14-8-11-10-16-17(12-6-4-3-5-7-12)13(11)9-15(14)19-2/h3-10H,1-2H3. The summed E-state index contributed by atoms with van der Waals surface area (Å²) in [5.74, 6) is 1.41. The van der Waals surface area contributed by atoms with Gasteiger partial charge in [-0.1, -0.05) is 18.2 Å². The summed E-state index contributed by atoms with van der Waals surface area (Å²) in [6, 6.07) is 13.9. The Labute approximate surface area is 111 Å². The monoisotopic (exact) mass is 254 g/mol. The summed E-state index contributed by atoms with van der Waals surface area (Å²) in [6.45, 7) is 0. The van der Waals surface area contributed by atoms with E-state index in [0.717, 1.165) is 16.6 Å². The highest BCUT2D eigenvalue weighted by Gasteiger charge is 2.10. The molecule has 0 amide bonds. The molecule has 0 saturated carbocycles. The smallest absolute Gasteiger partial charge is 0.162 e. The zero-order chi connectivity index (χ0) is 13.2. The quantitative estimate of drug-likeness (QED) is 0.720. The van der Waals surface area contributed by atoms with Gasteiger partial charge in [0.15, 0.2) is 11.5 Å². The molecule has 0 unspecified atom stereocenters. The molecule has 0 atom stereocenters. The maximum atomic E-state index is 5.34. The largest absolute Gasteiger partial charge is 0.493 e. The number of hydrogen-bond donors (Lipinski definition) is 0. The van der Waals surface area contributed by atoms with Crippen molar-refractivity contribution in [2.24, 2.45) is 0 Å². The van der Waals surface area contributed by atoms with Gasteiger partial charge in [-0.15, -0.1) is 0 Å². The number of ether oxygens (including phenoxy) is 2.